The molecule has 1 saturated heterocycles. The predicted molar refractivity (Wildman–Crippen MR) is 108 cm³/mol. The Morgan fingerprint density at radius 3 is 2.25 bits per heavy atom. The first-order valence-electron chi connectivity index (χ1n) is 8.94. The first-order valence-corrected chi connectivity index (χ1v) is 11.3. The number of hydrogen-bond donors (Lipinski definition) is 1. The van der Waals surface area contributed by atoms with Crippen LogP contribution in [0.3, 0.4) is 0 Å². The highest BCUT2D eigenvalue weighted by Crippen LogP contribution is 2.18. The van der Waals surface area contributed by atoms with Crippen LogP contribution in [0.2, 0.25) is 0 Å². The van der Waals surface area contributed by atoms with Crippen LogP contribution in [-0.4, -0.2) is 62.7 Å². The summed E-state index contributed by atoms with van der Waals surface area (Å²) in [5, 5.41) is 6.69. The van der Waals surface area contributed by atoms with Crippen LogP contribution in [0, 0.1) is 0 Å². The third-order valence-electron chi connectivity index (χ3n) is 4.78. The molecule has 0 saturated carbocycles. The molecule has 0 unspecified atom stereocenters. The maximum atomic E-state index is 12.7. The third kappa shape index (κ3) is 4.43. The van der Waals surface area contributed by atoms with E-state index in [-0.39, 0.29) is 22.8 Å². The van der Waals surface area contributed by atoms with Gasteiger partial charge in [0.1, 0.15) is 0 Å². The van der Waals surface area contributed by atoms with Crippen molar-refractivity contribution in [3.05, 3.63) is 52.2 Å². The van der Waals surface area contributed by atoms with Crippen LogP contribution < -0.4 is 5.32 Å². The summed E-state index contributed by atoms with van der Waals surface area (Å²) in [5.74, 6) is -0.208. The second kappa shape index (κ2) is 8.42. The van der Waals surface area contributed by atoms with E-state index in [1.807, 2.05) is 10.8 Å². The maximum absolute atomic E-state index is 12.7. The average Bonchev–Trinajstić information content (AvgIpc) is 3.23. The molecule has 0 spiro atoms. The van der Waals surface area contributed by atoms with Crippen LogP contribution in [0.4, 0.5) is 0 Å². The molecule has 1 aromatic heterocycles. The molecule has 0 aliphatic carbocycles. The topological polar surface area (TPSA) is 86.8 Å². The number of thiophene rings is 1. The van der Waals surface area contributed by atoms with Crippen molar-refractivity contribution >= 4 is 33.2 Å². The van der Waals surface area contributed by atoms with E-state index in [1.165, 1.54) is 37.6 Å². The quantitative estimate of drug-likeness (QED) is 0.800. The van der Waals surface area contributed by atoms with Crippen molar-refractivity contribution in [3.63, 3.8) is 0 Å². The number of nitrogens with zero attached hydrogens (tertiary/aromatic N) is 2. The molecule has 9 heteroatoms. The molecule has 0 bridgehead atoms. The molecule has 28 heavy (non-hydrogen) atoms. The third-order valence-corrected chi connectivity index (χ3v) is 7.29. The summed E-state index contributed by atoms with van der Waals surface area (Å²) in [7, 11) is -0.577. The number of likely N-dealkylation sites (tertiary alicyclic amines) is 1. The van der Waals surface area contributed by atoms with Gasteiger partial charge < -0.3 is 10.2 Å². The van der Waals surface area contributed by atoms with Gasteiger partial charge in [0.2, 0.25) is 10.0 Å². The number of piperidine rings is 1. The molecule has 150 valence electrons. The normalized spacial score (nSPS) is 15.6. The van der Waals surface area contributed by atoms with Gasteiger partial charge in [0.15, 0.2) is 0 Å². The van der Waals surface area contributed by atoms with E-state index in [0.29, 0.717) is 37.1 Å². The van der Waals surface area contributed by atoms with Crippen molar-refractivity contribution in [2.75, 3.05) is 27.2 Å². The van der Waals surface area contributed by atoms with Crippen LogP contribution in [0.5, 0.6) is 0 Å². The Morgan fingerprint density at radius 1 is 1.07 bits per heavy atom. The zero-order chi connectivity index (χ0) is 20.3. The molecule has 1 fully saturated rings. The summed E-state index contributed by atoms with van der Waals surface area (Å²) >= 11 is 1.48. The fourth-order valence-electron chi connectivity index (χ4n) is 3.05. The number of sulfonamides is 1. The molecule has 1 N–H and O–H groups in total. The Morgan fingerprint density at radius 2 is 1.71 bits per heavy atom. The van der Waals surface area contributed by atoms with Gasteiger partial charge in [0.25, 0.3) is 11.8 Å². The summed E-state index contributed by atoms with van der Waals surface area (Å²) in [6, 6.07) is 7.84. The predicted octanol–water partition coefficient (Wildman–Crippen LogP) is 2.03. The van der Waals surface area contributed by atoms with Gasteiger partial charge >= 0.3 is 0 Å². The number of carbonyl (C=O) groups excluding carboxylic acids is 2. The summed E-state index contributed by atoms with van der Waals surface area (Å²) in [4.78, 5) is 26.7. The van der Waals surface area contributed by atoms with Crippen molar-refractivity contribution < 1.29 is 18.0 Å². The molecular weight excluding hydrogens is 398 g/mol. The summed E-state index contributed by atoms with van der Waals surface area (Å²) < 4.78 is 25.4. The van der Waals surface area contributed by atoms with Crippen molar-refractivity contribution in [2.24, 2.45) is 0 Å². The highest BCUT2D eigenvalue weighted by Gasteiger charge is 2.25. The minimum absolute atomic E-state index is 0.0454. The Hall–Kier alpha value is -2.23. The van der Waals surface area contributed by atoms with E-state index >= 15 is 0 Å². The molecule has 2 aromatic rings. The largest absolute Gasteiger partial charge is 0.349 e. The molecular formula is C19H23N3O4S2. The first-order chi connectivity index (χ1) is 13.3. The highest BCUT2D eigenvalue weighted by atomic mass is 32.2. The van der Waals surface area contributed by atoms with Gasteiger partial charge in [-0.05, 0) is 48.6 Å². The first kappa shape index (κ1) is 20.5. The molecule has 0 atom stereocenters. The van der Waals surface area contributed by atoms with Crippen molar-refractivity contribution in [1.82, 2.24) is 14.5 Å². The van der Waals surface area contributed by atoms with E-state index < -0.39 is 10.0 Å². The number of benzene rings is 1. The Labute approximate surface area is 169 Å². The molecule has 2 heterocycles. The standard InChI is InChI=1S/C19H23N3O4S2/c1-21(2)28(25,26)17-5-3-14(4-6-17)19(24)22-10-7-16(8-11-22)20-18(23)15-9-12-27-13-15/h3-6,9,12-13,16H,7-8,10-11H2,1-2H3,(H,20,23). The second-order valence-electron chi connectivity index (χ2n) is 6.86. The van der Waals surface area contributed by atoms with Crippen LogP contribution >= 0.6 is 11.3 Å². The summed E-state index contributed by atoms with van der Waals surface area (Å²) in [6.45, 7) is 1.09. The van der Waals surface area contributed by atoms with Gasteiger partial charge in [-0.25, -0.2) is 12.7 Å². The Balaban J connectivity index is 1.57. The highest BCUT2D eigenvalue weighted by molar-refractivity contribution is 7.89. The lowest BCUT2D eigenvalue weighted by Crippen LogP contribution is -2.46. The van der Waals surface area contributed by atoms with E-state index in [0.717, 1.165) is 4.31 Å². The zero-order valence-corrected chi connectivity index (χ0v) is 17.4. The maximum Gasteiger partial charge on any atom is 0.253 e. The lowest BCUT2D eigenvalue weighted by molar-refractivity contribution is 0.0698. The van der Waals surface area contributed by atoms with Gasteiger partial charge in [0.05, 0.1) is 4.90 Å². The van der Waals surface area contributed by atoms with Crippen molar-refractivity contribution in [2.45, 2.75) is 23.8 Å². The number of carbonyl (C=O) groups is 2. The molecule has 1 aromatic carbocycles. The Kier molecular flexibility index (Phi) is 6.17. The number of nitrogens with one attached hydrogen (secondary N) is 1. The fraction of sp³-hybridized carbons (Fsp3) is 0.368. The zero-order valence-electron chi connectivity index (χ0n) is 15.8. The van der Waals surface area contributed by atoms with E-state index in [4.69, 9.17) is 0 Å². The van der Waals surface area contributed by atoms with Gasteiger partial charge in [-0.3, -0.25) is 9.59 Å². The lowest BCUT2D eigenvalue weighted by Gasteiger charge is -2.32. The van der Waals surface area contributed by atoms with Crippen LogP contribution in [0.1, 0.15) is 33.6 Å². The number of rotatable bonds is 5. The minimum Gasteiger partial charge on any atom is -0.349 e. The van der Waals surface area contributed by atoms with E-state index in [2.05, 4.69) is 5.32 Å². The minimum atomic E-state index is -3.51. The van der Waals surface area contributed by atoms with Crippen LogP contribution in [0.25, 0.3) is 0 Å². The fourth-order valence-corrected chi connectivity index (χ4v) is 4.59. The molecule has 1 aliphatic heterocycles. The molecule has 7 nitrogen and oxygen atoms in total. The average molecular weight is 422 g/mol. The molecule has 3 rings (SSSR count). The smallest absolute Gasteiger partial charge is 0.253 e. The lowest BCUT2D eigenvalue weighted by atomic mass is 10.0. The molecule has 2 amide bonds. The number of hydrogen-bond acceptors (Lipinski definition) is 5. The number of amides is 2. The summed E-state index contributed by atoms with van der Waals surface area (Å²) in [5.41, 5.74) is 1.12. The van der Waals surface area contributed by atoms with Gasteiger partial charge in [0, 0.05) is 49.7 Å². The molecule has 1 aliphatic rings. The summed E-state index contributed by atoms with van der Waals surface area (Å²) in [6.07, 6.45) is 1.38. The van der Waals surface area contributed by atoms with E-state index in [1.54, 1.807) is 23.1 Å². The van der Waals surface area contributed by atoms with Gasteiger partial charge in [-0.15, -0.1) is 0 Å². The van der Waals surface area contributed by atoms with Crippen molar-refractivity contribution in [1.29, 1.82) is 0 Å². The SMILES string of the molecule is CN(C)S(=O)(=O)c1ccc(C(=O)N2CCC(NC(=O)c3ccsc3)CC2)cc1. The van der Waals surface area contributed by atoms with Crippen LogP contribution in [-0.2, 0) is 10.0 Å². The van der Waals surface area contributed by atoms with E-state index in [9.17, 15) is 18.0 Å². The Bertz CT molecular complexity index is 930. The van der Waals surface area contributed by atoms with Crippen molar-refractivity contribution in [3.8, 4) is 0 Å². The van der Waals surface area contributed by atoms with Crippen LogP contribution in [0.15, 0.2) is 46.0 Å². The van der Waals surface area contributed by atoms with Gasteiger partial charge in [-0.1, -0.05) is 0 Å². The van der Waals surface area contributed by atoms with Gasteiger partial charge in [-0.2, -0.15) is 11.3 Å². The monoisotopic (exact) mass is 421 g/mol. The molecule has 0 radical (unpaired) electrons. The second-order valence-corrected chi connectivity index (χ2v) is 9.80.